The molecule has 0 bridgehead atoms. The summed E-state index contributed by atoms with van der Waals surface area (Å²) in [5.74, 6) is -0.750. The van der Waals surface area contributed by atoms with Gasteiger partial charge in [0.05, 0.1) is 0 Å². The summed E-state index contributed by atoms with van der Waals surface area (Å²) in [4.78, 5) is 20.0. The van der Waals surface area contributed by atoms with Crippen molar-refractivity contribution >= 4 is 11.6 Å². The van der Waals surface area contributed by atoms with Gasteiger partial charge in [0.2, 0.25) is 0 Å². The Morgan fingerprint density at radius 1 is 0.722 bits per heavy atom. The molecule has 0 unspecified atom stereocenters. The maximum atomic E-state index is 9.98. The third-order valence-electron chi connectivity index (χ3n) is 0.813. The number of hydrogen-bond donors (Lipinski definition) is 0. The maximum Gasteiger partial charge on any atom is 2.00 e. The van der Waals surface area contributed by atoms with Crippen molar-refractivity contribution in [2.45, 2.75) is 27.7 Å². The summed E-state index contributed by atoms with van der Waals surface area (Å²) in [5.41, 5.74) is 0. The Labute approximate surface area is 145 Å². The zero-order valence-electron chi connectivity index (χ0n) is 10.6. The van der Waals surface area contributed by atoms with E-state index in [0.29, 0.717) is 0 Å². The van der Waals surface area contributed by atoms with Crippen LogP contribution < -0.4 is 10.2 Å². The average molecular weight is 425 g/mol. The van der Waals surface area contributed by atoms with Crippen LogP contribution >= 0.6 is 0 Å². The van der Waals surface area contributed by atoms with Crippen LogP contribution in [0.15, 0.2) is 23.7 Å². The van der Waals surface area contributed by atoms with E-state index in [1.54, 1.807) is 0 Å². The van der Waals surface area contributed by atoms with Crippen LogP contribution in [0.25, 0.3) is 0 Å². The predicted molar refractivity (Wildman–Crippen MR) is 59.7 cm³/mol. The molecule has 116 valence electrons. The van der Waals surface area contributed by atoms with E-state index in [1.165, 1.54) is 27.7 Å². The van der Waals surface area contributed by atoms with Crippen LogP contribution in [0.3, 0.4) is 0 Å². The quantitative estimate of drug-likeness (QED) is 0.343. The minimum absolute atomic E-state index is 0. The Morgan fingerprint density at radius 2 is 0.889 bits per heavy atom. The summed E-state index contributed by atoms with van der Waals surface area (Å²) >= 11 is 0. The van der Waals surface area contributed by atoms with Crippen molar-refractivity contribution in [1.82, 2.24) is 0 Å². The number of rotatable bonds is 2. The molecule has 0 fully saturated rings. The summed E-state index contributed by atoms with van der Waals surface area (Å²) in [6.45, 7) is 5.39. The second kappa shape index (κ2) is 22.0. The fourth-order valence-corrected chi connectivity index (χ4v) is 0.572. The number of carbonyl (C=O) groups is 2. The fraction of sp³-hybridized carbons (Fsp3) is 0.400. The van der Waals surface area contributed by atoms with E-state index in [9.17, 15) is 19.8 Å². The minimum Gasteiger partial charge on any atom is -0.876 e. The first-order chi connectivity index (χ1) is 6.25. The molecule has 0 atom stereocenters. The zero-order valence-corrected chi connectivity index (χ0v) is 12.3. The topological polar surface area (TPSA) is 175 Å². The number of ketones is 2. The van der Waals surface area contributed by atoms with Crippen LogP contribution in [0.4, 0.5) is 0 Å². The van der Waals surface area contributed by atoms with Gasteiger partial charge in [-0.15, -0.1) is 11.5 Å². The molecule has 0 rings (SSSR count). The van der Waals surface area contributed by atoms with Crippen molar-refractivity contribution in [3.8, 4) is 0 Å². The van der Waals surface area contributed by atoms with E-state index in [0.717, 1.165) is 12.2 Å². The van der Waals surface area contributed by atoms with Gasteiger partial charge in [-0.25, -0.2) is 0 Å². The van der Waals surface area contributed by atoms with Gasteiger partial charge in [0, 0.05) is 0 Å². The zero-order chi connectivity index (χ0) is 11.7. The van der Waals surface area contributed by atoms with E-state index in [4.69, 9.17) is 0 Å². The largest absolute Gasteiger partial charge is 2.00 e. The third-order valence-corrected chi connectivity index (χ3v) is 0.813. The molecule has 0 aliphatic rings. The molecule has 0 aromatic carbocycles. The Hall–Kier alpha value is -0.181. The molecule has 0 aliphatic heterocycles. The Morgan fingerprint density at radius 3 is 0.889 bits per heavy atom. The first kappa shape index (κ1) is 36.1. The van der Waals surface area contributed by atoms with Crippen LogP contribution in [0, 0.1) is 46.9 Å². The monoisotopic (exact) mass is 426 g/mol. The maximum absolute atomic E-state index is 9.98. The summed E-state index contributed by atoms with van der Waals surface area (Å²) < 4.78 is 0. The molecule has 0 radical (unpaired) electrons. The van der Waals surface area contributed by atoms with Crippen molar-refractivity contribution in [1.29, 1.82) is 0 Å². The second-order valence-electron chi connectivity index (χ2n) is 2.73. The van der Waals surface area contributed by atoms with Crippen molar-refractivity contribution in [2.24, 2.45) is 0 Å². The molecular formula is C10H20O7Yb. The second-order valence-corrected chi connectivity index (χ2v) is 2.73. The Bertz CT molecular complexity index is 235. The van der Waals surface area contributed by atoms with E-state index in [2.05, 4.69) is 0 Å². The van der Waals surface area contributed by atoms with Gasteiger partial charge < -0.3 is 26.6 Å². The molecule has 0 aromatic rings. The van der Waals surface area contributed by atoms with Crippen molar-refractivity contribution < 1.29 is 83.2 Å². The molecule has 6 N–H and O–H groups in total. The van der Waals surface area contributed by atoms with Gasteiger partial charge in [-0.3, -0.25) is 9.59 Å². The van der Waals surface area contributed by atoms with Crippen LogP contribution in [-0.2, 0) is 9.59 Å². The van der Waals surface area contributed by atoms with Gasteiger partial charge in [0.15, 0.2) is 11.6 Å². The molecule has 0 spiro atoms. The van der Waals surface area contributed by atoms with Crippen LogP contribution in [0.1, 0.15) is 27.7 Å². The van der Waals surface area contributed by atoms with Crippen LogP contribution in [0.5, 0.6) is 0 Å². The van der Waals surface area contributed by atoms with Crippen molar-refractivity contribution in [2.75, 3.05) is 0 Å². The fourth-order valence-electron chi connectivity index (χ4n) is 0.572. The van der Waals surface area contributed by atoms with E-state index < -0.39 is 0 Å². The summed E-state index contributed by atoms with van der Waals surface area (Å²) in [7, 11) is 0. The van der Waals surface area contributed by atoms with Gasteiger partial charge in [0.1, 0.15) is 0 Å². The number of carbonyl (C=O) groups excluding carboxylic acids is 2. The molecule has 0 heterocycles. The van der Waals surface area contributed by atoms with Gasteiger partial charge in [-0.05, 0) is 26.0 Å². The minimum atomic E-state index is -0.187. The third kappa shape index (κ3) is 56.8. The standard InChI is InChI=1S/2C5H8O2.3H2O.Yb/c2*1-4(6)3-5(2)7;;;;/h2*3,6H,1-2H3;3*1H2;/q;;;;;+2/p-2/b2*4-3-;;;;. The Balaban J connectivity index is -0.0000000327. The normalized spacial score (nSPS) is 8.89. The number of hydrogen-bond acceptors (Lipinski definition) is 4. The summed E-state index contributed by atoms with van der Waals surface area (Å²) in [6.07, 6.45) is 2.11. The molecular weight excluding hydrogens is 405 g/mol. The molecule has 8 heteroatoms. The molecule has 0 saturated heterocycles. The average Bonchev–Trinajstić information content (AvgIpc) is 1.79. The predicted octanol–water partition coefficient (Wildman–Crippen LogP) is -2.80. The molecule has 0 aromatic heterocycles. The molecule has 0 aliphatic carbocycles. The van der Waals surface area contributed by atoms with Crippen molar-refractivity contribution in [3.63, 3.8) is 0 Å². The smallest absolute Gasteiger partial charge is 0.876 e. The van der Waals surface area contributed by atoms with E-state index >= 15 is 0 Å². The molecule has 0 saturated carbocycles. The van der Waals surface area contributed by atoms with E-state index in [-0.39, 0.29) is 86.4 Å². The van der Waals surface area contributed by atoms with Gasteiger partial charge in [-0.2, -0.15) is 0 Å². The van der Waals surface area contributed by atoms with Gasteiger partial charge >= 0.3 is 46.9 Å². The molecule has 7 nitrogen and oxygen atoms in total. The first-order valence-electron chi connectivity index (χ1n) is 3.97. The molecule has 18 heavy (non-hydrogen) atoms. The van der Waals surface area contributed by atoms with Crippen LogP contribution in [0.2, 0.25) is 0 Å². The first-order valence-corrected chi connectivity index (χ1v) is 3.97. The van der Waals surface area contributed by atoms with Gasteiger partial charge in [0.25, 0.3) is 0 Å². The Kier molecular flexibility index (Phi) is 44.2. The van der Waals surface area contributed by atoms with E-state index in [1.807, 2.05) is 0 Å². The SMILES string of the molecule is CC(=O)/C=C(/C)[O-].CC(=O)/C=C(/C)[O-].O.O.O.[Yb+2]. The van der Waals surface area contributed by atoms with Crippen LogP contribution in [-0.4, -0.2) is 28.0 Å². The van der Waals surface area contributed by atoms with Crippen molar-refractivity contribution in [3.05, 3.63) is 23.7 Å². The summed E-state index contributed by atoms with van der Waals surface area (Å²) in [6, 6.07) is 0. The van der Waals surface area contributed by atoms with Gasteiger partial charge in [-0.1, -0.05) is 13.8 Å². The molecule has 0 amide bonds. The summed E-state index contributed by atoms with van der Waals surface area (Å²) in [5, 5.41) is 20.0. The number of allylic oxidation sites excluding steroid dienone is 4.